The fourth-order valence-electron chi connectivity index (χ4n) is 2.08. The number of hydrogen-bond donors (Lipinski definition) is 1. The van der Waals surface area contributed by atoms with E-state index in [1.807, 2.05) is 13.8 Å². The van der Waals surface area contributed by atoms with Gasteiger partial charge in [-0.05, 0) is 12.0 Å². The van der Waals surface area contributed by atoms with Gasteiger partial charge in [0.1, 0.15) is 5.83 Å². The van der Waals surface area contributed by atoms with Gasteiger partial charge in [-0.15, -0.1) is 0 Å². The van der Waals surface area contributed by atoms with Crippen LogP contribution < -0.4 is 0 Å². The Bertz CT molecular complexity index is 434. The van der Waals surface area contributed by atoms with Gasteiger partial charge in [-0.3, -0.25) is 5.10 Å². The molecule has 0 fully saturated rings. The van der Waals surface area contributed by atoms with Crippen LogP contribution in [0.2, 0.25) is 0 Å². The summed E-state index contributed by atoms with van der Waals surface area (Å²) < 4.78 is 28.0. The summed E-state index contributed by atoms with van der Waals surface area (Å²) in [6.07, 6.45) is 4.22. The number of aromatic nitrogens is 2. The van der Waals surface area contributed by atoms with Gasteiger partial charge >= 0.3 is 0 Å². The number of nitrogens with one attached hydrogen (secondary N) is 1. The third-order valence-corrected chi connectivity index (χ3v) is 3.41. The molecule has 0 saturated heterocycles. The Hall–Kier alpha value is -1.45. The molecule has 2 rings (SSSR count). The minimum atomic E-state index is -1.55. The maximum Gasteiger partial charge on any atom is 0.158 e. The van der Waals surface area contributed by atoms with Gasteiger partial charge in [0.05, 0.1) is 5.69 Å². The maximum atomic E-state index is 14.0. The van der Waals surface area contributed by atoms with Gasteiger partial charge < -0.3 is 0 Å². The second-order valence-corrected chi connectivity index (χ2v) is 4.46. The molecule has 92 valence electrons. The minimum absolute atomic E-state index is 0.135. The van der Waals surface area contributed by atoms with Crippen molar-refractivity contribution in [1.29, 1.82) is 0 Å². The van der Waals surface area contributed by atoms with Crippen molar-refractivity contribution >= 4 is 5.57 Å². The van der Waals surface area contributed by atoms with Crippen LogP contribution in [0.1, 0.15) is 26.0 Å². The average molecular weight is 238 g/mol. The smallest absolute Gasteiger partial charge is 0.158 e. The number of alkyl halides is 1. The molecule has 1 heterocycles. The van der Waals surface area contributed by atoms with Crippen molar-refractivity contribution in [3.63, 3.8) is 0 Å². The lowest BCUT2D eigenvalue weighted by Crippen LogP contribution is -2.24. The Morgan fingerprint density at radius 3 is 2.88 bits per heavy atom. The number of allylic oxidation sites excluding steroid dienone is 4. The molecule has 3 unspecified atom stereocenters. The van der Waals surface area contributed by atoms with E-state index in [2.05, 4.69) is 10.2 Å². The van der Waals surface area contributed by atoms with Crippen LogP contribution in [0.4, 0.5) is 8.78 Å². The van der Waals surface area contributed by atoms with Crippen molar-refractivity contribution < 1.29 is 8.78 Å². The van der Waals surface area contributed by atoms with Gasteiger partial charge in [0.15, 0.2) is 6.17 Å². The van der Waals surface area contributed by atoms with Crippen LogP contribution >= 0.6 is 0 Å². The van der Waals surface area contributed by atoms with Gasteiger partial charge in [-0.1, -0.05) is 32.4 Å². The van der Waals surface area contributed by atoms with Gasteiger partial charge in [-0.2, -0.15) is 5.10 Å². The highest BCUT2D eigenvalue weighted by molar-refractivity contribution is 5.75. The zero-order valence-electron chi connectivity index (χ0n) is 9.95. The van der Waals surface area contributed by atoms with Crippen LogP contribution in [-0.4, -0.2) is 16.4 Å². The highest BCUT2D eigenvalue weighted by Gasteiger charge is 2.32. The van der Waals surface area contributed by atoms with Crippen LogP contribution in [0.3, 0.4) is 0 Å². The molecule has 0 amide bonds. The van der Waals surface area contributed by atoms with Crippen molar-refractivity contribution in [3.05, 3.63) is 35.9 Å². The summed E-state index contributed by atoms with van der Waals surface area (Å²) in [4.78, 5) is 0. The van der Waals surface area contributed by atoms with E-state index in [0.29, 0.717) is 5.69 Å². The Morgan fingerprint density at radius 1 is 1.53 bits per heavy atom. The summed E-state index contributed by atoms with van der Waals surface area (Å²) in [5, 5.41) is 6.40. The fourth-order valence-corrected chi connectivity index (χ4v) is 2.08. The van der Waals surface area contributed by atoms with Crippen LogP contribution in [0.25, 0.3) is 5.57 Å². The molecule has 1 N–H and O–H groups in total. The molecule has 17 heavy (non-hydrogen) atoms. The molecule has 0 aromatic carbocycles. The monoisotopic (exact) mass is 238 g/mol. The van der Waals surface area contributed by atoms with Crippen LogP contribution in [-0.2, 0) is 0 Å². The zero-order valence-corrected chi connectivity index (χ0v) is 9.95. The first-order chi connectivity index (χ1) is 8.15. The van der Waals surface area contributed by atoms with Gasteiger partial charge in [0.25, 0.3) is 0 Å². The highest BCUT2D eigenvalue weighted by atomic mass is 19.2. The second-order valence-electron chi connectivity index (χ2n) is 4.46. The largest absolute Gasteiger partial charge is 0.278 e. The Morgan fingerprint density at radius 2 is 2.29 bits per heavy atom. The lowest BCUT2D eigenvalue weighted by atomic mass is 9.82. The first-order valence-corrected chi connectivity index (χ1v) is 5.86. The van der Waals surface area contributed by atoms with Crippen LogP contribution in [0, 0.1) is 11.8 Å². The maximum absolute atomic E-state index is 14.0. The third-order valence-electron chi connectivity index (χ3n) is 3.41. The van der Waals surface area contributed by atoms with E-state index in [1.54, 1.807) is 18.2 Å². The molecular formula is C13H16F2N2. The Labute approximate surface area is 99.4 Å². The molecule has 1 aromatic rings. The van der Waals surface area contributed by atoms with Gasteiger partial charge in [0, 0.05) is 17.7 Å². The predicted octanol–water partition coefficient (Wildman–Crippen LogP) is 3.66. The number of halogens is 2. The van der Waals surface area contributed by atoms with Crippen LogP contribution in [0.5, 0.6) is 0 Å². The van der Waals surface area contributed by atoms with E-state index < -0.39 is 12.0 Å². The summed E-state index contributed by atoms with van der Waals surface area (Å²) in [5.74, 6) is -0.927. The standard InChI is InChI=1S/C13H16F2N2/c1-3-8(2)9-4-5-10(13(15)12(9)14)11-6-7-16-17-11/h4-9,12H,3H2,1-2H3,(H,16,17). The summed E-state index contributed by atoms with van der Waals surface area (Å²) in [7, 11) is 0. The number of nitrogens with zero attached hydrogens (tertiary/aromatic N) is 1. The van der Waals surface area contributed by atoms with E-state index in [1.165, 1.54) is 6.20 Å². The number of hydrogen-bond acceptors (Lipinski definition) is 1. The molecule has 2 nitrogen and oxygen atoms in total. The molecule has 0 bridgehead atoms. The highest BCUT2D eigenvalue weighted by Crippen LogP contribution is 2.36. The molecule has 0 radical (unpaired) electrons. The lowest BCUT2D eigenvalue weighted by Gasteiger charge is -2.26. The van der Waals surface area contributed by atoms with Crippen LogP contribution in [0.15, 0.2) is 30.2 Å². The number of H-pyrrole nitrogens is 1. The molecule has 1 aliphatic carbocycles. The topological polar surface area (TPSA) is 28.7 Å². The summed E-state index contributed by atoms with van der Waals surface area (Å²) in [6, 6.07) is 1.63. The van der Waals surface area contributed by atoms with Crippen molar-refractivity contribution in [3.8, 4) is 0 Å². The molecular weight excluding hydrogens is 222 g/mol. The second kappa shape index (κ2) is 4.82. The van der Waals surface area contributed by atoms with Crippen molar-refractivity contribution in [2.45, 2.75) is 26.4 Å². The Balaban J connectivity index is 2.29. The molecule has 4 heteroatoms. The minimum Gasteiger partial charge on any atom is -0.278 e. The SMILES string of the molecule is CCC(C)C1C=CC(c2ccn[nH]2)=C(F)C1F. The molecule has 0 spiro atoms. The fraction of sp³-hybridized carbons (Fsp3) is 0.462. The lowest BCUT2D eigenvalue weighted by molar-refractivity contribution is 0.211. The van der Waals surface area contributed by atoms with E-state index in [4.69, 9.17) is 0 Å². The first-order valence-electron chi connectivity index (χ1n) is 5.86. The predicted molar refractivity (Wildman–Crippen MR) is 63.6 cm³/mol. The van der Waals surface area contributed by atoms with E-state index in [-0.39, 0.29) is 17.4 Å². The normalized spacial score (nSPS) is 26.4. The Kier molecular flexibility index (Phi) is 3.41. The molecule has 0 saturated carbocycles. The molecule has 0 aliphatic heterocycles. The van der Waals surface area contributed by atoms with E-state index >= 15 is 0 Å². The van der Waals surface area contributed by atoms with E-state index in [9.17, 15) is 8.78 Å². The number of rotatable bonds is 3. The zero-order chi connectivity index (χ0) is 12.4. The van der Waals surface area contributed by atoms with E-state index in [0.717, 1.165) is 6.42 Å². The van der Waals surface area contributed by atoms with Gasteiger partial charge in [-0.25, -0.2) is 8.78 Å². The van der Waals surface area contributed by atoms with Gasteiger partial charge in [0.2, 0.25) is 0 Å². The van der Waals surface area contributed by atoms with Crippen molar-refractivity contribution in [2.24, 2.45) is 11.8 Å². The number of aromatic amines is 1. The summed E-state index contributed by atoms with van der Waals surface area (Å²) in [6.45, 7) is 3.92. The summed E-state index contributed by atoms with van der Waals surface area (Å²) >= 11 is 0. The third kappa shape index (κ3) is 2.16. The molecule has 1 aliphatic rings. The average Bonchev–Trinajstić information content (AvgIpc) is 2.85. The first kappa shape index (κ1) is 12.0. The molecule has 1 aromatic heterocycles. The summed E-state index contributed by atoms with van der Waals surface area (Å²) in [5.41, 5.74) is 0.790. The van der Waals surface area contributed by atoms with Crippen molar-refractivity contribution in [1.82, 2.24) is 10.2 Å². The quantitative estimate of drug-likeness (QED) is 0.855. The van der Waals surface area contributed by atoms with Crippen molar-refractivity contribution in [2.75, 3.05) is 0 Å². The molecule has 3 atom stereocenters.